The summed E-state index contributed by atoms with van der Waals surface area (Å²) < 4.78 is 0. The van der Waals surface area contributed by atoms with E-state index in [0.717, 1.165) is 16.0 Å². The van der Waals surface area contributed by atoms with E-state index in [1.54, 1.807) is 17.5 Å². The van der Waals surface area contributed by atoms with Crippen molar-refractivity contribution in [2.24, 2.45) is 0 Å². The molecule has 2 rings (SSSR count). The summed E-state index contributed by atoms with van der Waals surface area (Å²) in [6.07, 6.45) is 1.66. The Morgan fingerprint density at radius 1 is 1.47 bits per heavy atom. The van der Waals surface area contributed by atoms with E-state index in [-0.39, 0.29) is 0 Å². The molecule has 3 N–H and O–H groups in total. The number of nitrogen functional groups attached to an aromatic ring is 1. The minimum Gasteiger partial charge on any atom is -0.388 e. The fraction of sp³-hybridized carbons (Fsp3) is 0.308. The molecule has 3 nitrogen and oxygen atoms in total. The van der Waals surface area contributed by atoms with E-state index in [0.29, 0.717) is 12.2 Å². The maximum absolute atomic E-state index is 10.2. The van der Waals surface area contributed by atoms with Crippen LogP contribution in [-0.4, -0.2) is 10.1 Å². The zero-order chi connectivity index (χ0) is 12.4. The summed E-state index contributed by atoms with van der Waals surface area (Å²) in [7, 11) is 0. The van der Waals surface area contributed by atoms with Crippen LogP contribution in [0.3, 0.4) is 0 Å². The van der Waals surface area contributed by atoms with Crippen LogP contribution in [0, 0.1) is 13.8 Å². The van der Waals surface area contributed by atoms with Gasteiger partial charge in [-0.15, -0.1) is 11.3 Å². The van der Waals surface area contributed by atoms with Crippen LogP contribution in [0.1, 0.15) is 27.0 Å². The van der Waals surface area contributed by atoms with Crippen molar-refractivity contribution < 1.29 is 5.11 Å². The van der Waals surface area contributed by atoms with Crippen molar-refractivity contribution >= 4 is 17.2 Å². The van der Waals surface area contributed by atoms with Gasteiger partial charge in [-0.1, -0.05) is 6.07 Å². The molecule has 2 aromatic heterocycles. The summed E-state index contributed by atoms with van der Waals surface area (Å²) in [4.78, 5) is 6.41. The molecule has 0 saturated heterocycles. The van der Waals surface area contributed by atoms with E-state index in [2.05, 4.69) is 4.98 Å². The lowest BCUT2D eigenvalue weighted by Gasteiger charge is -2.11. The number of anilines is 1. The van der Waals surface area contributed by atoms with Gasteiger partial charge in [0.05, 0.1) is 6.10 Å². The predicted molar refractivity (Wildman–Crippen MR) is 71.1 cm³/mol. The molecule has 0 spiro atoms. The maximum atomic E-state index is 10.2. The van der Waals surface area contributed by atoms with Crippen LogP contribution in [0.15, 0.2) is 24.4 Å². The molecule has 0 aliphatic heterocycles. The lowest BCUT2D eigenvalue weighted by Crippen LogP contribution is -2.05. The number of nitrogens with two attached hydrogens (primary N) is 1. The van der Waals surface area contributed by atoms with Crippen LogP contribution >= 0.6 is 11.3 Å². The molecule has 0 amide bonds. The molecule has 1 atom stereocenters. The smallest absolute Gasteiger partial charge is 0.126 e. The van der Waals surface area contributed by atoms with Crippen molar-refractivity contribution in [1.82, 2.24) is 4.98 Å². The normalized spacial score (nSPS) is 12.6. The Morgan fingerprint density at radius 3 is 2.82 bits per heavy atom. The SMILES string of the molecule is Cc1cc(C(O)Cc2cccnc2N)c(C)s1. The molecule has 4 heteroatoms. The molecule has 0 aromatic carbocycles. The first-order chi connectivity index (χ1) is 8.08. The van der Waals surface area contributed by atoms with Crippen molar-refractivity contribution in [1.29, 1.82) is 0 Å². The third kappa shape index (κ3) is 2.65. The Hall–Kier alpha value is -1.39. The van der Waals surface area contributed by atoms with E-state index in [1.165, 1.54) is 4.88 Å². The third-order valence-electron chi connectivity index (χ3n) is 2.78. The van der Waals surface area contributed by atoms with Crippen LogP contribution < -0.4 is 5.73 Å². The number of hydrogen-bond acceptors (Lipinski definition) is 4. The number of aryl methyl sites for hydroxylation is 2. The molecule has 2 aromatic rings. The number of aliphatic hydroxyl groups excluding tert-OH is 1. The maximum Gasteiger partial charge on any atom is 0.126 e. The Bertz CT molecular complexity index is 522. The molecule has 2 heterocycles. The van der Waals surface area contributed by atoms with E-state index < -0.39 is 6.10 Å². The van der Waals surface area contributed by atoms with Crippen molar-refractivity contribution in [3.8, 4) is 0 Å². The topological polar surface area (TPSA) is 59.1 Å². The molecule has 0 fully saturated rings. The van der Waals surface area contributed by atoms with Crippen molar-refractivity contribution in [3.05, 3.63) is 45.3 Å². The molecule has 90 valence electrons. The van der Waals surface area contributed by atoms with Crippen LogP contribution in [-0.2, 0) is 6.42 Å². The summed E-state index contributed by atoms with van der Waals surface area (Å²) in [6, 6.07) is 5.78. The molecule has 17 heavy (non-hydrogen) atoms. The summed E-state index contributed by atoms with van der Waals surface area (Å²) in [5, 5.41) is 10.2. The highest BCUT2D eigenvalue weighted by Gasteiger charge is 2.15. The second-order valence-electron chi connectivity index (χ2n) is 4.14. The van der Waals surface area contributed by atoms with Gasteiger partial charge < -0.3 is 10.8 Å². The van der Waals surface area contributed by atoms with Crippen LogP contribution in [0.4, 0.5) is 5.82 Å². The Morgan fingerprint density at radius 2 is 2.24 bits per heavy atom. The van der Waals surface area contributed by atoms with Crippen molar-refractivity contribution in [3.63, 3.8) is 0 Å². The Kier molecular flexibility index (Phi) is 3.45. The number of aliphatic hydroxyl groups is 1. The molecule has 0 radical (unpaired) electrons. The van der Waals surface area contributed by atoms with Crippen LogP contribution in [0.5, 0.6) is 0 Å². The van der Waals surface area contributed by atoms with E-state index in [4.69, 9.17) is 5.73 Å². The molecule has 1 unspecified atom stereocenters. The van der Waals surface area contributed by atoms with Gasteiger partial charge in [-0.25, -0.2) is 4.98 Å². The Balaban J connectivity index is 2.20. The summed E-state index contributed by atoms with van der Waals surface area (Å²) in [5.74, 6) is 0.496. The van der Waals surface area contributed by atoms with Crippen LogP contribution in [0.25, 0.3) is 0 Å². The zero-order valence-electron chi connectivity index (χ0n) is 9.97. The predicted octanol–water partition coefficient (Wildman–Crippen LogP) is 2.62. The number of hydrogen-bond donors (Lipinski definition) is 2. The fourth-order valence-corrected chi connectivity index (χ4v) is 2.90. The van der Waals surface area contributed by atoms with Gasteiger partial charge in [-0.3, -0.25) is 0 Å². The van der Waals surface area contributed by atoms with Gasteiger partial charge in [0, 0.05) is 22.4 Å². The van der Waals surface area contributed by atoms with Gasteiger partial charge in [0.25, 0.3) is 0 Å². The quantitative estimate of drug-likeness (QED) is 0.877. The van der Waals surface area contributed by atoms with Gasteiger partial charge in [-0.05, 0) is 37.1 Å². The molecular formula is C13H16N2OS. The number of pyridine rings is 1. The first-order valence-electron chi connectivity index (χ1n) is 5.52. The van der Waals surface area contributed by atoms with Gasteiger partial charge >= 0.3 is 0 Å². The molecule has 0 aliphatic carbocycles. The average molecular weight is 248 g/mol. The number of aromatic nitrogens is 1. The lowest BCUT2D eigenvalue weighted by atomic mass is 10.0. The first kappa shape index (κ1) is 12.1. The highest BCUT2D eigenvalue weighted by atomic mass is 32.1. The number of nitrogens with zero attached hydrogens (tertiary/aromatic N) is 1. The van der Waals surface area contributed by atoms with Gasteiger partial charge in [-0.2, -0.15) is 0 Å². The second kappa shape index (κ2) is 4.85. The fourth-order valence-electron chi connectivity index (χ4n) is 1.92. The average Bonchev–Trinajstić information content (AvgIpc) is 2.61. The van der Waals surface area contributed by atoms with E-state index in [1.807, 2.05) is 32.0 Å². The third-order valence-corrected chi connectivity index (χ3v) is 3.76. The molecular weight excluding hydrogens is 232 g/mol. The number of thiophene rings is 1. The van der Waals surface area contributed by atoms with E-state index in [9.17, 15) is 5.11 Å². The van der Waals surface area contributed by atoms with E-state index >= 15 is 0 Å². The van der Waals surface area contributed by atoms with Gasteiger partial charge in [0.1, 0.15) is 5.82 Å². The standard InChI is InChI=1S/C13H16N2OS/c1-8-6-11(9(2)17-8)12(16)7-10-4-3-5-15-13(10)14/h3-6,12,16H,7H2,1-2H3,(H2,14,15). The molecule has 0 saturated carbocycles. The number of rotatable bonds is 3. The summed E-state index contributed by atoms with van der Waals surface area (Å²) in [5.41, 5.74) is 7.66. The highest BCUT2D eigenvalue weighted by molar-refractivity contribution is 7.12. The zero-order valence-corrected chi connectivity index (χ0v) is 10.8. The Labute approximate surface area is 105 Å². The molecule has 0 bridgehead atoms. The van der Waals surface area contributed by atoms with Crippen molar-refractivity contribution in [2.75, 3.05) is 5.73 Å². The van der Waals surface area contributed by atoms with Gasteiger partial charge in [0.15, 0.2) is 0 Å². The monoisotopic (exact) mass is 248 g/mol. The van der Waals surface area contributed by atoms with Crippen molar-refractivity contribution in [2.45, 2.75) is 26.4 Å². The second-order valence-corrected chi connectivity index (χ2v) is 5.60. The minimum absolute atomic E-state index is 0.496. The summed E-state index contributed by atoms with van der Waals surface area (Å²) >= 11 is 1.71. The molecule has 0 aliphatic rings. The first-order valence-corrected chi connectivity index (χ1v) is 6.34. The minimum atomic E-state index is -0.508. The summed E-state index contributed by atoms with van der Waals surface area (Å²) in [6.45, 7) is 4.08. The highest BCUT2D eigenvalue weighted by Crippen LogP contribution is 2.29. The van der Waals surface area contributed by atoms with Gasteiger partial charge in [0.2, 0.25) is 0 Å². The largest absolute Gasteiger partial charge is 0.388 e. The lowest BCUT2D eigenvalue weighted by molar-refractivity contribution is 0.178. The van der Waals surface area contributed by atoms with Crippen LogP contribution in [0.2, 0.25) is 0 Å².